The van der Waals surface area contributed by atoms with Gasteiger partial charge < -0.3 is 15.4 Å². The molecule has 1 heterocycles. The molecule has 2 rings (SSSR count). The number of nitrogens with two attached hydrogens (primary N) is 1. The van der Waals surface area contributed by atoms with E-state index < -0.39 is 0 Å². The van der Waals surface area contributed by atoms with Crippen LogP contribution in [0.15, 0.2) is 30.3 Å². The van der Waals surface area contributed by atoms with Gasteiger partial charge in [0.25, 0.3) is 0 Å². The predicted octanol–water partition coefficient (Wildman–Crippen LogP) is 0.976. The SMILES string of the molecule is CC1COCCN1C(=O)C(CN)c1ccccc1. The maximum Gasteiger partial charge on any atom is 0.231 e. The highest BCUT2D eigenvalue weighted by Crippen LogP contribution is 2.20. The summed E-state index contributed by atoms with van der Waals surface area (Å²) in [5.74, 6) is -0.133. The molecule has 1 saturated heterocycles. The van der Waals surface area contributed by atoms with Gasteiger partial charge in [0, 0.05) is 13.1 Å². The van der Waals surface area contributed by atoms with Crippen LogP contribution in [0.5, 0.6) is 0 Å². The average molecular weight is 248 g/mol. The van der Waals surface area contributed by atoms with E-state index in [1.54, 1.807) is 0 Å². The zero-order valence-electron chi connectivity index (χ0n) is 10.7. The van der Waals surface area contributed by atoms with Crippen molar-refractivity contribution >= 4 is 5.91 Å². The van der Waals surface area contributed by atoms with Crippen molar-refractivity contribution in [2.75, 3.05) is 26.3 Å². The van der Waals surface area contributed by atoms with E-state index in [9.17, 15) is 4.79 Å². The lowest BCUT2D eigenvalue weighted by Gasteiger charge is -2.35. The number of nitrogens with zero attached hydrogens (tertiary/aromatic N) is 1. The van der Waals surface area contributed by atoms with E-state index >= 15 is 0 Å². The maximum absolute atomic E-state index is 12.5. The fraction of sp³-hybridized carbons (Fsp3) is 0.500. The van der Waals surface area contributed by atoms with Gasteiger partial charge in [0.05, 0.1) is 25.2 Å². The van der Waals surface area contributed by atoms with Gasteiger partial charge in [-0.25, -0.2) is 0 Å². The zero-order valence-corrected chi connectivity index (χ0v) is 10.7. The summed E-state index contributed by atoms with van der Waals surface area (Å²) >= 11 is 0. The Morgan fingerprint density at radius 2 is 2.22 bits per heavy atom. The number of benzene rings is 1. The molecule has 1 fully saturated rings. The molecule has 2 N–H and O–H groups in total. The lowest BCUT2D eigenvalue weighted by atomic mass is 9.97. The van der Waals surface area contributed by atoms with Gasteiger partial charge in [-0.2, -0.15) is 0 Å². The molecular weight excluding hydrogens is 228 g/mol. The molecule has 1 aliphatic rings. The van der Waals surface area contributed by atoms with E-state index in [1.165, 1.54) is 0 Å². The van der Waals surface area contributed by atoms with Crippen LogP contribution in [-0.4, -0.2) is 43.2 Å². The second kappa shape index (κ2) is 5.98. The number of amides is 1. The minimum absolute atomic E-state index is 0.111. The molecule has 2 atom stereocenters. The molecular formula is C14H20N2O2. The number of rotatable bonds is 3. The van der Waals surface area contributed by atoms with Crippen molar-refractivity contribution in [2.45, 2.75) is 18.9 Å². The van der Waals surface area contributed by atoms with Gasteiger partial charge in [0.1, 0.15) is 0 Å². The minimum atomic E-state index is -0.244. The standard InChI is InChI=1S/C14H20N2O2/c1-11-10-18-8-7-16(11)14(17)13(9-15)12-5-3-2-4-6-12/h2-6,11,13H,7-10,15H2,1H3. The number of hydrogen-bond acceptors (Lipinski definition) is 3. The smallest absolute Gasteiger partial charge is 0.231 e. The highest BCUT2D eigenvalue weighted by atomic mass is 16.5. The van der Waals surface area contributed by atoms with Gasteiger partial charge in [-0.3, -0.25) is 4.79 Å². The number of carbonyl (C=O) groups excluding carboxylic acids is 1. The summed E-state index contributed by atoms with van der Waals surface area (Å²) in [6.07, 6.45) is 0. The second-order valence-electron chi connectivity index (χ2n) is 4.65. The Bertz CT molecular complexity index is 394. The van der Waals surface area contributed by atoms with E-state index in [-0.39, 0.29) is 17.9 Å². The first-order valence-electron chi connectivity index (χ1n) is 6.37. The Kier molecular flexibility index (Phi) is 4.33. The summed E-state index contributed by atoms with van der Waals surface area (Å²) < 4.78 is 5.36. The van der Waals surface area contributed by atoms with Gasteiger partial charge in [0.2, 0.25) is 5.91 Å². The van der Waals surface area contributed by atoms with Crippen molar-refractivity contribution in [2.24, 2.45) is 5.73 Å². The normalized spacial score (nSPS) is 21.7. The van der Waals surface area contributed by atoms with Crippen molar-refractivity contribution in [3.05, 3.63) is 35.9 Å². The fourth-order valence-corrected chi connectivity index (χ4v) is 2.32. The second-order valence-corrected chi connectivity index (χ2v) is 4.65. The van der Waals surface area contributed by atoms with Crippen LogP contribution < -0.4 is 5.73 Å². The Hall–Kier alpha value is -1.39. The largest absolute Gasteiger partial charge is 0.377 e. The molecule has 0 aliphatic carbocycles. The monoisotopic (exact) mass is 248 g/mol. The van der Waals surface area contributed by atoms with Gasteiger partial charge in [-0.15, -0.1) is 0 Å². The fourth-order valence-electron chi connectivity index (χ4n) is 2.32. The lowest BCUT2D eigenvalue weighted by Crippen LogP contribution is -2.49. The molecule has 1 aromatic rings. The first-order valence-corrected chi connectivity index (χ1v) is 6.37. The van der Waals surface area contributed by atoms with Crippen LogP contribution in [0.3, 0.4) is 0 Å². The predicted molar refractivity (Wildman–Crippen MR) is 70.2 cm³/mol. The molecule has 0 bridgehead atoms. The number of hydrogen-bond donors (Lipinski definition) is 1. The van der Waals surface area contributed by atoms with Crippen molar-refractivity contribution in [3.63, 3.8) is 0 Å². The summed E-state index contributed by atoms with van der Waals surface area (Å²) in [5, 5.41) is 0. The Balaban J connectivity index is 2.15. The first-order chi connectivity index (χ1) is 8.74. The molecule has 1 amide bonds. The topological polar surface area (TPSA) is 55.6 Å². The quantitative estimate of drug-likeness (QED) is 0.867. The van der Waals surface area contributed by atoms with Crippen molar-refractivity contribution < 1.29 is 9.53 Å². The number of morpholine rings is 1. The van der Waals surface area contributed by atoms with Crippen LogP contribution in [0.25, 0.3) is 0 Å². The molecule has 2 unspecified atom stereocenters. The number of carbonyl (C=O) groups is 1. The van der Waals surface area contributed by atoms with Crippen LogP contribution in [0.4, 0.5) is 0 Å². The van der Waals surface area contributed by atoms with Gasteiger partial charge in [0.15, 0.2) is 0 Å². The maximum atomic E-state index is 12.5. The van der Waals surface area contributed by atoms with Crippen LogP contribution >= 0.6 is 0 Å². The summed E-state index contributed by atoms with van der Waals surface area (Å²) in [6.45, 7) is 4.23. The van der Waals surface area contributed by atoms with Crippen molar-refractivity contribution in [1.29, 1.82) is 0 Å². The molecule has 0 saturated carbocycles. The third-order valence-corrected chi connectivity index (χ3v) is 3.39. The van der Waals surface area contributed by atoms with Gasteiger partial charge in [-0.05, 0) is 12.5 Å². The Labute approximate surface area is 108 Å². The molecule has 4 nitrogen and oxygen atoms in total. The minimum Gasteiger partial charge on any atom is -0.377 e. The van der Waals surface area contributed by atoms with Crippen LogP contribution in [0.2, 0.25) is 0 Å². The van der Waals surface area contributed by atoms with E-state index in [4.69, 9.17) is 10.5 Å². The third kappa shape index (κ3) is 2.71. The molecule has 1 aromatic carbocycles. The molecule has 0 radical (unpaired) electrons. The van der Waals surface area contributed by atoms with Gasteiger partial charge in [-0.1, -0.05) is 30.3 Å². The van der Waals surface area contributed by atoms with E-state index in [0.717, 1.165) is 5.56 Å². The highest BCUT2D eigenvalue weighted by molar-refractivity contribution is 5.84. The highest BCUT2D eigenvalue weighted by Gasteiger charge is 2.29. The molecule has 0 aromatic heterocycles. The summed E-state index contributed by atoms with van der Waals surface area (Å²) in [6, 6.07) is 9.87. The van der Waals surface area contributed by atoms with Crippen LogP contribution in [0.1, 0.15) is 18.4 Å². The van der Waals surface area contributed by atoms with E-state index in [1.807, 2.05) is 42.2 Å². The molecule has 98 valence electrons. The molecule has 18 heavy (non-hydrogen) atoms. The van der Waals surface area contributed by atoms with E-state index in [0.29, 0.717) is 26.3 Å². The molecule has 1 aliphatic heterocycles. The first kappa shape index (κ1) is 13.1. The third-order valence-electron chi connectivity index (χ3n) is 3.39. The van der Waals surface area contributed by atoms with Crippen LogP contribution in [0, 0.1) is 0 Å². The molecule has 4 heteroatoms. The number of ether oxygens (including phenoxy) is 1. The summed E-state index contributed by atoms with van der Waals surface area (Å²) in [7, 11) is 0. The van der Waals surface area contributed by atoms with E-state index in [2.05, 4.69) is 0 Å². The summed E-state index contributed by atoms with van der Waals surface area (Å²) in [5.41, 5.74) is 6.77. The Morgan fingerprint density at radius 1 is 1.50 bits per heavy atom. The van der Waals surface area contributed by atoms with Crippen LogP contribution in [-0.2, 0) is 9.53 Å². The van der Waals surface area contributed by atoms with Crippen molar-refractivity contribution in [3.8, 4) is 0 Å². The zero-order chi connectivity index (χ0) is 13.0. The summed E-state index contributed by atoms with van der Waals surface area (Å²) in [4.78, 5) is 14.4. The van der Waals surface area contributed by atoms with Crippen molar-refractivity contribution in [1.82, 2.24) is 4.90 Å². The Morgan fingerprint density at radius 3 is 2.83 bits per heavy atom. The molecule has 0 spiro atoms. The van der Waals surface area contributed by atoms with Gasteiger partial charge >= 0.3 is 0 Å². The average Bonchev–Trinajstić information content (AvgIpc) is 2.41. The lowest BCUT2D eigenvalue weighted by molar-refractivity contribution is -0.140.